The van der Waals surface area contributed by atoms with Gasteiger partial charge in [0.1, 0.15) is 17.3 Å². The lowest BCUT2D eigenvalue weighted by Crippen LogP contribution is -2.43. The molecule has 0 bridgehead atoms. The van der Waals surface area contributed by atoms with Crippen LogP contribution in [0.1, 0.15) is 23.7 Å². The summed E-state index contributed by atoms with van der Waals surface area (Å²) >= 11 is 6.01. The van der Waals surface area contributed by atoms with Crippen LogP contribution in [0.4, 0.5) is 4.39 Å². The molecule has 0 aliphatic carbocycles. The van der Waals surface area contributed by atoms with Crippen molar-refractivity contribution in [3.8, 4) is 11.5 Å². The fourth-order valence-corrected chi connectivity index (χ4v) is 3.48. The van der Waals surface area contributed by atoms with Crippen molar-refractivity contribution in [2.24, 2.45) is 0 Å². The molecule has 1 fully saturated rings. The smallest absolute Gasteiger partial charge is 0.263 e. The maximum Gasteiger partial charge on any atom is 0.263 e. The lowest BCUT2D eigenvalue weighted by molar-refractivity contribution is -0.137. The number of halogens is 2. The minimum atomic E-state index is -0.720. The van der Waals surface area contributed by atoms with Gasteiger partial charge in [0.05, 0.1) is 10.6 Å². The minimum absolute atomic E-state index is 0.0723. The third kappa shape index (κ3) is 4.98. The van der Waals surface area contributed by atoms with Crippen LogP contribution >= 0.6 is 11.6 Å². The molecule has 0 aromatic heterocycles. The van der Waals surface area contributed by atoms with Crippen LogP contribution in [-0.4, -0.2) is 59.0 Å². The normalized spacial score (nSPS) is 15.6. The first-order valence-corrected chi connectivity index (χ1v) is 9.72. The molecule has 0 radical (unpaired) electrons. The summed E-state index contributed by atoms with van der Waals surface area (Å²) in [6, 6.07) is 10.3. The van der Waals surface area contributed by atoms with Crippen LogP contribution in [0.25, 0.3) is 0 Å². The highest BCUT2D eigenvalue weighted by atomic mass is 35.5. The van der Waals surface area contributed by atoms with Gasteiger partial charge in [0, 0.05) is 26.2 Å². The van der Waals surface area contributed by atoms with Crippen molar-refractivity contribution in [2.45, 2.75) is 19.4 Å². The van der Waals surface area contributed by atoms with Crippen molar-refractivity contribution < 1.29 is 23.8 Å². The first-order chi connectivity index (χ1) is 13.9. The van der Waals surface area contributed by atoms with E-state index in [1.807, 2.05) is 0 Å². The van der Waals surface area contributed by atoms with Crippen LogP contribution in [0.3, 0.4) is 0 Å². The maximum atomic E-state index is 14.1. The van der Waals surface area contributed by atoms with E-state index in [0.29, 0.717) is 31.8 Å². The molecular weight excluding hydrogens is 399 g/mol. The average Bonchev–Trinajstić information content (AvgIpc) is 2.95. The van der Waals surface area contributed by atoms with Crippen molar-refractivity contribution in [1.82, 2.24) is 9.80 Å². The number of aromatic hydroxyl groups is 1. The van der Waals surface area contributed by atoms with Crippen LogP contribution in [-0.2, 0) is 4.79 Å². The van der Waals surface area contributed by atoms with Gasteiger partial charge in [0.2, 0.25) is 0 Å². The third-order valence-electron chi connectivity index (χ3n) is 4.77. The molecule has 2 aromatic rings. The monoisotopic (exact) mass is 420 g/mol. The van der Waals surface area contributed by atoms with Crippen LogP contribution < -0.4 is 4.74 Å². The van der Waals surface area contributed by atoms with Gasteiger partial charge >= 0.3 is 0 Å². The van der Waals surface area contributed by atoms with Gasteiger partial charge in [-0.25, -0.2) is 4.39 Å². The molecule has 0 spiro atoms. The Bertz CT molecular complexity index is 870. The van der Waals surface area contributed by atoms with Crippen molar-refractivity contribution in [3.05, 3.63) is 58.9 Å². The second-order valence-electron chi connectivity index (χ2n) is 6.82. The van der Waals surface area contributed by atoms with E-state index in [4.69, 9.17) is 16.3 Å². The Morgan fingerprint density at radius 2 is 1.72 bits per heavy atom. The predicted octanol–water partition coefficient (Wildman–Crippen LogP) is 3.33. The van der Waals surface area contributed by atoms with Gasteiger partial charge in [-0.1, -0.05) is 17.7 Å². The molecule has 3 rings (SSSR count). The van der Waals surface area contributed by atoms with Crippen molar-refractivity contribution in [3.63, 3.8) is 0 Å². The Morgan fingerprint density at radius 1 is 1.07 bits per heavy atom. The number of hydrogen-bond donors (Lipinski definition) is 1. The maximum absolute atomic E-state index is 14.1. The van der Waals surface area contributed by atoms with Crippen molar-refractivity contribution in [2.75, 3.05) is 26.2 Å². The highest BCUT2D eigenvalue weighted by Gasteiger charge is 2.28. The van der Waals surface area contributed by atoms with E-state index in [9.17, 15) is 19.1 Å². The quantitative estimate of drug-likeness (QED) is 0.823. The summed E-state index contributed by atoms with van der Waals surface area (Å²) in [4.78, 5) is 28.6. The second-order valence-corrected chi connectivity index (χ2v) is 7.23. The first kappa shape index (κ1) is 20.9. The predicted molar refractivity (Wildman–Crippen MR) is 107 cm³/mol. The molecule has 2 aromatic carbocycles. The van der Waals surface area contributed by atoms with E-state index in [2.05, 4.69) is 0 Å². The number of phenolic OH excluding ortho intramolecular Hbond substituents is 1. The lowest BCUT2D eigenvalue weighted by Gasteiger charge is -2.25. The van der Waals surface area contributed by atoms with E-state index in [1.165, 1.54) is 35.2 Å². The molecule has 1 atom stereocenters. The van der Waals surface area contributed by atoms with E-state index in [0.717, 1.165) is 0 Å². The number of phenols is 1. The van der Waals surface area contributed by atoms with Gasteiger partial charge < -0.3 is 19.6 Å². The summed E-state index contributed by atoms with van der Waals surface area (Å²) in [6.45, 7) is 3.13. The zero-order valence-corrected chi connectivity index (χ0v) is 16.7. The molecule has 1 heterocycles. The minimum Gasteiger partial charge on any atom is -0.508 e. The molecule has 154 valence electrons. The number of nitrogens with zero attached hydrogens (tertiary/aromatic N) is 2. The molecule has 8 heteroatoms. The highest BCUT2D eigenvalue weighted by Crippen LogP contribution is 2.22. The third-order valence-corrected chi connectivity index (χ3v) is 5.08. The van der Waals surface area contributed by atoms with Crippen LogP contribution in [0, 0.1) is 5.82 Å². The molecular formula is C21H22ClFN2O4. The van der Waals surface area contributed by atoms with E-state index < -0.39 is 17.8 Å². The van der Waals surface area contributed by atoms with Gasteiger partial charge in [-0.15, -0.1) is 0 Å². The molecule has 0 saturated carbocycles. The Balaban J connectivity index is 1.62. The lowest BCUT2D eigenvalue weighted by atomic mass is 10.1. The Kier molecular flexibility index (Phi) is 6.59. The summed E-state index contributed by atoms with van der Waals surface area (Å²) < 4.78 is 19.7. The van der Waals surface area contributed by atoms with Gasteiger partial charge in [-0.3, -0.25) is 9.59 Å². The zero-order valence-electron chi connectivity index (χ0n) is 16.0. The van der Waals surface area contributed by atoms with E-state index in [1.54, 1.807) is 24.0 Å². The molecule has 29 heavy (non-hydrogen) atoms. The molecule has 6 nitrogen and oxygen atoms in total. The standard InChI is InChI=1S/C21H22ClFN2O4/c1-14(29-16-8-6-15(26)7-9-16)20(27)24-10-3-11-25(13-12-24)21(28)19-17(22)4-2-5-18(19)23/h2,4-9,14,26H,3,10-13H2,1H3. The van der Waals surface area contributed by atoms with E-state index in [-0.39, 0.29) is 28.8 Å². The fourth-order valence-electron chi connectivity index (χ4n) is 3.24. The van der Waals surface area contributed by atoms with Crippen molar-refractivity contribution in [1.29, 1.82) is 0 Å². The second kappa shape index (κ2) is 9.13. The topological polar surface area (TPSA) is 70.1 Å². The summed E-state index contributed by atoms with van der Waals surface area (Å²) in [5.74, 6) is -0.740. The number of ether oxygens (including phenoxy) is 1. The van der Waals surface area contributed by atoms with Crippen molar-refractivity contribution >= 4 is 23.4 Å². The summed E-state index contributed by atoms with van der Waals surface area (Å²) in [5.41, 5.74) is -0.141. The highest BCUT2D eigenvalue weighted by molar-refractivity contribution is 6.33. The number of carbonyl (C=O) groups is 2. The van der Waals surface area contributed by atoms with Crippen LogP contribution in [0.2, 0.25) is 5.02 Å². The number of amides is 2. The van der Waals surface area contributed by atoms with Gasteiger partial charge in [-0.2, -0.15) is 0 Å². The van der Waals surface area contributed by atoms with Crippen LogP contribution in [0.15, 0.2) is 42.5 Å². The molecule has 1 N–H and O–H groups in total. The van der Waals surface area contributed by atoms with E-state index >= 15 is 0 Å². The van der Waals surface area contributed by atoms with Gasteiger partial charge in [0.25, 0.3) is 11.8 Å². The number of carbonyl (C=O) groups excluding carboxylic acids is 2. The molecule has 1 aliphatic heterocycles. The Hall–Kier alpha value is -2.80. The largest absolute Gasteiger partial charge is 0.508 e. The Morgan fingerprint density at radius 3 is 2.41 bits per heavy atom. The summed E-state index contributed by atoms with van der Waals surface area (Å²) in [5, 5.41) is 9.40. The first-order valence-electron chi connectivity index (χ1n) is 9.34. The average molecular weight is 421 g/mol. The number of benzene rings is 2. The molecule has 1 saturated heterocycles. The SMILES string of the molecule is CC(Oc1ccc(O)cc1)C(=O)N1CCCN(C(=O)c2c(F)cccc2Cl)CC1. The fraction of sp³-hybridized carbons (Fsp3) is 0.333. The van der Waals surface area contributed by atoms with Crippen LogP contribution in [0.5, 0.6) is 11.5 Å². The zero-order chi connectivity index (χ0) is 21.0. The number of rotatable bonds is 4. The molecule has 2 amide bonds. The summed E-state index contributed by atoms with van der Waals surface area (Å²) in [7, 11) is 0. The summed E-state index contributed by atoms with van der Waals surface area (Å²) in [6.07, 6.45) is -0.155. The molecule has 1 aliphatic rings. The molecule has 1 unspecified atom stereocenters. The number of hydrogen-bond acceptors (Lipinski definition) is 4. The Labute approximate surface area is 173 Å². The van der Waals surface area contributed by atoms with Gasteiger partial charge in [-0.05, 0) is 49.7 Å². The van der Waals surface area contributed by atoms with Gasteiger partial charge in [0.15, 0.2) is 6.10 Å².